The molecule has 0 heterocycles. The Hall–Kier alpha value is -0.830. The summed E-state index contributed by atoms with van der Waals surface area (Å²) in [6.45, 7) is 0.751. The lowest BCUT2D eigenvalue weighted by Crippen LogP contribution is -2.00. The van der Waals surface area contributed by atoms with Crippen LogP contribution in [0.1, 0.15) is 18.4 Å². The van der Waals surface area contributed by atoms with Crippen LogP contribution in [-0.4, -0.2) is 11.9 Å². The van der Waals surface area contributed by atoms with E-state index in [9.17, 15) is 4.39 Å². The highest BCUT2D eigenvalue weighted by Crippen LogP contribution is 2.30. The second kappa shape index (κ2) is 5.48. The van der Waals surface area contributed by atoms with Gasteiger partial charge in [0.1, 0.15) is 11.6 Å². The normalized spacial score (nSPS) is 15.6. The van der Waals surface area contributed by atoms with E-state index in [1.807, 2.05) is 12.2 Å². The van der Waals surface area contributed by atoms with E-state index < -0.39 is 0 Å². The van der Waals surface area contributed by atoms with Gasteiger partial charge in [-0.15, -0.1) is 0 Å². The monoisotopic (exact) mass is 284 g/mol. The summed E-state index contributed by atoms with van der Waals surface area (Å²) in [5.41, 5.74) is 0.806. The van der Waals surface area contributed by atoms with Gasteiger partial charge in [-0.1, -0.05) is 28.1 Å². The minimum Gasteiger partial charge on any atom is -0.493 e. The first-order chi connectivity index (χ1) is 7.79. The van der Waals surface area contributed by atoms with Gasteiger partial charge in [-0.3, -0.25) is 0 Å². The van der Waals surface area contributed by atoms with Gasteiger partial charge >= 0.3 is 0 Å². The zero-order valence-electron chi connectivity index (χ0n) is 8.96. The van der Waals surface area contributed by atoms with Gasteiger partial charge in [0.15, 0.2) is 0 Å². The summed E-state index contributed by atoms with van der Waals surface area (Å²) in [6.07, 6.45) is 6.32. The smallest absolute Gasteiger partial charge is 0.126 e. The van der Waals surface area contributed by atoms with Crippen LogP contribution in [0.2, 0.25) is 0 Å². The molecule has 0 aromatic heterocycles. The highest BCUT2D eigenvalue weighted by molar-refractivity contribution is 9.09. The molecule has 1 aliphatic carbocycles. The molecule has 0 aliphatic heterocycles. The van der Waals surface area contributed by atoms with Gasteiger partial charge in [-0.25, -0.2) is 4.39 Å². The van der Waals surface area contributed by atoms with Crippen molar-refractivity contribution in [2.45, 2.75) is 12.8 Å². The molecule has 2 rings (SSSR count). The number of allylic oxidation sites excluding steroid dienone is 1. The van der Waals surface area contributed by atoms with Crippen LogP contribution in [0.5, 0.6) is 5.75 Å². The fraction of sp³-hybridized carbons (Fsp3) is 0.385. The average molecular weight is 285 g/mol. The summed E-state index contributed by atoms with van der Waals surface area (Å²) >= 11 is 3.30. The molecule has 0 radical (unpaired) electrons. The predicted octanol–water partition coefficient (Wildman–Crippen LogP) is 4.02. The molecular formula is C13H14BrFO. The predicted molar refractivity (Wildman–Crippen MR) is 67.4 cm³/mol. The van der Waals surface area contributed by atoms with E-state index in [1.54, 1.807) is 6.07 Å². The second-order valence-electron chi connectivity index (χ2n) is 3.99. The molecule has 86 valence electrons. The van der Waals surface area contributed by atoms with E-state index in [0.29, 0.717) is 5.92 Å². The fourth-order valence-corrected chi connectivity index (χ4v) is 1.63. The molecule has 0 saturated heterocycles. The lowest BCUT2D eigenvalue weighted by molar-refractivity contribution is 0.298. The van der Waals surface area contributed by atoms with E-state index in [-0.39, 0.29) is 5.82 Å². The van der Waals surface area contributed by atoms with E-state index >= 15 is 0 Å². The molecule has 0 amide bonds. The van der Waals surface area contributed by atoms with Crippen LogP contribution >= 0.6 is 15.9 Å². The van der Waals surface area contributed by atoms with Crippen molar-refractivity contribution in [1.82, 2.24) is 0 Å². The van der Waals surface area contributed by atoms with Crippen molar-refractivity contribution < 1.29 is 9.13 Å². The summed E-state index contributed by atoms with van der Waals surface area (Å²) in [4.78, 5) is 0. The van der Waals surface area contributed by atoms with Crippen molar-refractivity contribution in [3.63, 3.8) is 0 Å². The highest BCUT2D eigenvalue weighted by Gasteiger charge is 2.22. The van der Waals surface area contributed by atoms with E-state index in [1.165, 1.54) is 25.0 Å². The first kappa shape index (κ1) is 11.6. The molecule has 1 aromatic carbocycles. The summed E-state index contributed by atoms with van der Waals surface area (Å²) < 4.78 is 18.8. The molecule has 16 heavy (non-hydrogen) atoms. The van der Waals surface area contributed by atoms with E-state index in [0.717, 1.165) is 23.2 Å². The van der Waals surface area contributed by atoms with Crippen LogP contribution in [0.15, 0.2) is 24.3 Å². The summed E-state index contributed by atoms with van der Waals surface area (Å²) in [6, 6.07) is 4.64. The standard InChI is InChI=1S/C13H14BrFO/c14-7-1-2-11-8-12(15)5-6-13(11)16-9-10-3-4-10/h1-2,5-6,8,10H,3-4,7,9H2. The Morgan fingerprint density at radius 1 is 1.44 bits per heavy atom. The van der Waals surface area contributed by atoms with Crippen LogP contribution in [0.3, 0.4) is 0 Å². The van der Waals surface area contributed by atoms with Crippen LogP contribution in [-0.2, 0) is 0 Å². The quantitative estimate of drug-likeness (QED) is 0.742. The summed E-state index contributed by atoms with van der Waals surface area (Å²) in [5.74, 6) is 1.25. The first-order valence-electron chi connectivity index (χ1n) is 5.44. The number of hydrogen-bond acceptors (Lipinski definition) is 1. The third-order valence-corrected chi connectivity index (χ3v) is 2.90. The lowest BCUT2D eigenvalue weighted by atomic mass is 10.2. The Balaban J connectivity index is 2.09. The second-order valence-corrected chi connectivity index (χ2v) is 4.64. The Morgan fingerprint density at radius 2 is 2.25 bits per heavy atom. The van der Waals surface area contributed by atoms with Gasteiger partial charge in [0, 0.05) is 10.9 Å². The lowest BCUT2D eigenvalue weighted by Gasteiger charge is -2.08. The van der Waals surface area contributed by atoms with Gasteiger partial charge < -0.3 is 4.74 Å². The van der Waals surface area contributed by atoms with Gasteiger partial charge in [0.05, 0.1) is 6.61 Å². The molecule has 1 fully saturated rings. The van der Waals surface area contributed by atoms with Crippen molar-refractivity contribution in [3.8, 4) is 5.75 Å². The minimum absolute atomic E-state index is 0.229. The maximum atomic E-state index is 13.1. The average Bonchev–Trinajstić information content (AvgIpc) is 3.09. The van der Waals surface area contributed by atoms with Crippen LogP contribution in [0, 0.1) is 11.7 Å². The number of alkyl halides is 1. The molecule has 1 aliphatic rings. The molecule has 0 bridgehead atoms. The third-order valence-electron chi connectivity index (χ3n) is 2.53. The van der Waals surface area contributed by atoms with Gasteiger partial charge in [-0.2, -0.15) is 0 Å². The molecular weight excluding hydrogens is 271 g/mol. The highest BCUT2D eigenvalue weighted by atomic mass is 79.9. The first-order valence-corrected chi connectivity index (χ1v) is 6.56. The van der Waals surface area contributed by atoms with Crippen LogP contribution in [0.4, 0.5) is 4.39 Å². The van der Waals surface area contributed by atoms with Crippen molar-refractivity contribution in [2.24, 2.45) is 5.92 Å². The molecule has 1 aromatic rings. The summed E-state index contributed by atoms with van der Waals surface area (Å²) in [7, 11) is 0. The number of halogens is 2. The summed E-state index contributed by atoms with van der Waals surface area (Å²) in [5, 5.41) is 0.756. The number of rotatable bonds is 5. The zero-order chi connectivity index (χ0) is 11.4. The number of ether oxygens (including phenoxy) is 1. The van der Waals surface area contributed by atoms with Gasteiger partial charge in [-0.05, 0) is 37.0 Å². The SMILES string of the molecule is Fc1ccc(OCC2CC2)c(C=CCBr)c1. The number of benzene rings is 1. The van der Waals surface area contributed by atoms with Gasteiger partial charge in [0.25, 0.3) is 0 Å². The Kier molecular flexibility index (Phi) is 3.99. The van der Waals surface area contributed by atoms with Gasteiger partial charge in [0.2, 0.25) is 0 Å². The van der Waals surface area contributed by atoms with Crippen LogP contribution in [0.25, 0.3) is 6.08 Å². The minimum atomic E-state index is -0.229. The molecule has 0 N–H and O–H groups in total. The maximum Gasteiger partial charge on any atom is 0.126 e. The van der Waals surface area contributed by atoms with Crippen molar-refractivity contribution in [2.75, 3.05) is 11.9 Å². The molecule has 3 heteroatoms. The van der Waals surface area contributed by atoms with Crippen molar-refractivity contribution >= 4 is 22.0 Å². The zero-order valence-corrected chi connectivity index (χ0v) is 10.5. The number of hydrogen-bond donors (Lipinski definition) is 0. The Labute approximate surface area is 103 Å². The fourth-order valence-electron chi connectivity index (χ4n) is 1.44. The van der Waals surface area contributed by atoms with E-state index in [2.05, 4.69) is 15.9 Å². The van der Waals surface area contributed by atoms with Crippen molar-refractivity contribution in [1.29, 1.82) is 0 Å². The van der Waals surface area contributed by atoms with Crippen molar-refractivity contribution in [3.05, 3.63) is 35.7 Å². The van der Waals surface area contributed by atoms with Crippen LogP contribution < -0.4 is 4.74 Å². The molecule has 1 saturated carbocycles. The largest absolute Gasteiger partial charge is 0.493 e. The molecule has 1 nitrogen and oxygen atoms in total. The topological polar surface area (TPSA) is 9.23 Å². The third kappa shape index (κ3) is 3.34. The molecule has 0 unspecified atom stereocenters. The van der Waals surface area contributed by atoms with E-state index in [4.69, 9.17) is 4.74 Å². The molecule has 0 atom stereocenters. The maximum absolute atomic E-state index is 13.1. The molecule has 0 spiro atoms. The Bertz CT molecular complexity index is 386. The Morgan fingerprint density at radius 3 is 2.94 bits per heavy atom.